The molecule has 0 amide bonds. The number of halogens is 2. The van der Waals surface area contributed by atoms with Crippen molar-refractivity contribution in [3.63, 3.8) is 0 Å². The highest BCUT2D eigenvalue weighted by Crippen LogP contribution is 2.32. The molecule has 0 bridgehead atoms. The summed E-state index contributed by atoms with van der Waals surface area (Å²) < 4.78 is 20.6. The molecule has 0 aliphatic carbocycles. The van der Waals surface area contributed by atoms with Crippen molar-refractivity contribution in [1.29, 1.82) is 0 Å². The third kappa shape index (κ3) is 2.75. The Balaban J connectivity index is 1.93. The molecule has 2 nitrogen and oxygen atoms in total. The zero-order chi connectivity index (χ0) is 14.8. The largest absolute Gasteiger partial charge is 0.486 e. The van der Waals surface area contributed by atoms with Gasteiger partial charge in [-0.2, -0.15) is 0 Å². The number of hydrogen-bond acceptors (Lipinski definition) is 3. The zero-order valence-corrected chi connectivity index (χ0v) is 12.7. The number of fused-ring (bicyclic) bond motifs is 1. The summed E-state index contributed by atoms with van der Waals surface area (Å²) in [4.78, 5) is 1.05. The average Bonchev–Trinajstić information content (AvgIpc) is 2.86. The summed E-state index contributed by atoms with van der Waals surface area (Å²) >= 11 is 7.40. The molecule has 0 aliphatic rings. The summed E-state index contributed by atoms with van der Waals surface area (Å²) in [5, 5.41) is 1.16. The number of thiophene rings is 1. The van der Waals surface area contributed by atoms with Gasteiger partial charge in [-0.3, -0.25) is 0 Å². The fourth-order valence-corrected chi connectivity index (χ4v) is 3.47. The number of ether oxygens (including phenoxy) is 1. The quantitative estimate of drug-likeness (QED) is 0.754. The number of benzene rings is 2. The van der Waals surface area contributed by atoms with Crippen molar-refractivity contribution in [3.8, 4) is 5.75 Å². The van der Waals surface area contributed by atoms with Crippen LogP contribution in [0.15, 0.2) is 42.5 Å². The molecule has 108 valence electrons. The molecule has 1 heterocycles. The standard InChI is InChI=1S/C16H13ClFNOS/c17-12-5-3-6-13(16(12)18)20-9-11-10-4-1-2-7-14(10)21-15(11)8-19/h1-7H,8-9,19H2. The molecule has 0 saturated carbocycles. The van der Waals surface area contributed by atoms with Crippen LogP contribution in [-0.2, 0) is 13.2 Å². The highest BCUT2D eigenvalue weighted by molar-refractivity contribution is 7.19. The average molecular weight is 322 g/mol. The lowest BCUT2D eigenvalue weighted by atomic mass is 10.1. The SMILES string of the molecule is NCc1sc2ccccc2c1COc1cccc(Cl)c1F. The van der Waals surface area contributed by atoms with E-state index >= 15 is 0 Å². The predicted molar refractivity (Wildman–Crippen MR) is 85.5 cm³/mol. The van der Waals surface area contributed by atoms with E-state index in [2.05, 4.69) is 0 Å². The summed E-state index contributed by atoms with van der Waals surface area (Å²) in [6, 6.07) is 12.8. The van der Waals surface area contributed by atoms with E-state index in [1.807, 2.05) is 24.3 Å². The van der Waals surface area contributed by atoms with Gasteiger partial charge in [-0.25, -0.2) is 4.39 Å². The minimum atomic E-state index is -0.534. The molecule has 0 fully saturated rings. The second-order valence-electron chi connectivity index (χ2n) is 4.54. The van der Waals surface area contributed by atoms with Gasteiger partial charge in [0.2, 0.25) is 0 Å². The molecule has 0 radical (unpaired) electrons. The lowest BCUT2D eigenvalue weighted by Crippen LogP contribution is -2.02. The maximum Gasteiger partial charge on any atom is 0.183 e. The Bertz CT molecular complexity index is 787. The van der Waals surface area contributed by atoms with E-state index in [4.69, 9.17) is 22.1 Å². The van der Waals surface area contributed by atoms with Gasteiger partial charge in [-0.1, -0.05) is 35.9 Å². The summed E-state index contributed by atoms with van der Waals surface area (Å²) in [6.07, 6.45) is 0. The Kier molecular flexibility index (Phi) is 4.10. The molecule has 0 spiro atoms. The Morgan fingerprint density at radius 3 is 2.76 bits per heavy atom. The van der Waals surface area contributed by atoms with Crippen LogP contribution in [0.3, 0.4) is 0 Å². The number of hydrogen-bond donors (Lipinski definition) is 1. The molecule has 3 aromatic rings. The first-order chi connectivity index (χ1) is 10.2. The highest BCUT2D eigenvalue weighted by atomic mass is 35.5. The van der Waals surface area contributed by atoms with Crippen molar-refractivity contribution in [2.75, 3.05) is 0 Å². The van der Waals surface area contributed by atoms with E-state index in [9.17, 15) is 4.39 Å². The van der Waals surface area contributed by atoms with E-state index in [0.29, 0.717) is 6.54 Å². The molecule has 2 aromatic carbocycles. The van der Waals surface area contributed by atoms with Crippen LogP contribution < -0.4 is 10.5 Å². The summed E-state index contributed by atoms with van der Waals surface area (Å²) in [7, 11) is 0. The topological polar surface area (TPSA) is 35.2 Å². The monoisotopic (exact) mass is 321 g/mol. The summed E-state index contributed by atoms with van der Waals surface area (Å²) in [6.45, 7) is 0.712. The van der Waals surface area contributed by atoms with Crippen molar-refractivity contribution in [2.45, 2.75) is 13.2 Å². The molecule has 21 heavy (non-hydrogen) atoms. The van der Waals surface area contributed by atoms with Gasteiger partial charge in [0.05, 0.1) is 5.02 Å². The molecule has 2 N–H and O–H groups in total. The van der Waals surface area contributed by atoms with E-state index in [0.717, 1.165) is 20.5 Å². The lowest BCUT2D eigenvalue weighted by molar-refractivity contribution is 0.291. The van der Waals surface area contributed by atoms with Gasteiger partial charge in [0.1, 0.15) is 6.61 Å². The molecule has 0 saturated heterocycles. The van der Waals surface area contributed by atoms with Crippen LogP contribution in [-0.4, -0.2) is 0 Å². The molecular formula is C16H13ClFNOS. The molecule has 1 aromatic heterocycles. The third-order valence-corrected chi connectivity index (χ3v) is 4.78. The normalized spacial score (nSPS) is 11.0. The molecule has 0 unspecified atom stereocenters. The van der Waals surface area contributed by atoms with Gasteiger partial charge in [-0.15, -0.1) is 11.3 Å². The second-order valence-corrected chi connectivity index (χ2v) is 6.09. The Labute approximate surface area is 130 Å². The van der Waals surface area contributed by atoms with Gasteiger partial charge in [0.15, 0.2) is 11.6 Å². The van der Waals surface area contributed by atoms with Crippen LogP contribution in [0.2, 0.25) is 5.02 Å². The summed E-state index contributed by atoms with van der Waals surface area (Å²) in [5.41, 5.74) is 6.81. The fourth-order valence-electron chi connectivity index (χ4n) is 2.22. The number of rotatable bonds is 4. The summed E-state index contributed by atoms with van der Waals surface area (Å²) in [5.74, 6) is -0.381. The Hall–Kier alpha value is -1.62. The van der Waals surface area contributed by atoms with Gasteiger partial charge in [-0.05, 0) is 23.6 Å². The van der Waals surface area contributed by atoms with E-state index < -0.39 is 5.82 Å². The van der Waals surface area contributed by atoms with E-state index in [1.54, 1.807) is 23.5 Å². The van der Waals surface area contributed by atoms with E-state index in [-0.39, 0.29) is 17.4 Å². The minimum absolute atomic E-state index is 0.0572. The van der Waals surface area contributed by atoms with Crippen molar-refractivity contribution in [2.24, 2.45) is 5.73 Å². The second kappa shape index (κ2) is 6.02. The minimum Gasteiger partial charge on any atom is -0.486 e. The van der Waals surface area contributed by atoms with Gasteiger partial charge in [0, 0.05) is 21.7 Å². The first-order valence-electron chi connectivity index (χ1n) is 6.47. The van der Waals surface area contributed by atoms with Crippen molar-refractivity contribution >= 4 is 33.0 Å². The Morgan fingerprint density at radius 2 is 1.95 bits per heavy atom. The zero-order valence-electron chi connectivity index (χ0n) is 11.1. The van der Waals surface area contributed by atoms with Crippen LogP contribution in [0.25, 0.3) is 10.1 Å². The predicted octanol–water partition coefficient (Wildman–Crippen LogP) is 4.73. The van der Waals surface area contributed by atoms with Gasteiger partial charge in [0.25, 0.3) is 0 Å². The van der Waals surface area contributed by atoms with Crippen LogP contribution in [0.4, 0.5) is 4.39 Å². The fraction of sp³-hybridized carbons (Fsp3) is 0.125. The highest BCUT2D eigenvalue weighted by Gasteiger charge is 2.13. The Morgan fingerprint density at radius 1 is 1.14 bits per heavy atom. The molecule has 0 aliphatic heterocycles. The molecule has 3 rings (SSSR count). The first-order valence-corrected chi connectivity index (χ1v) is 7.66. The molecular weight excluding hydrogens is 309 g/mol. The van der Waals surface area contributed by atoms with E-state index in [1.165, 1.54) is 6.07 Å². The van der Waals surface area contributed by atoms with Crippen molar-refractivity contribution < 1.29 is 9.13 Å². The van der Waals surface area contributed by atoms with Crippen molar-refractivity contribution in [3.05, 3.63) is 63.7 Å². The molecule has 0 atom stereocenters. The van der Waals surface area contributed by atoms with Crippen molar-refractivity contribution in [1.82, 2.24) is 0 Å². The van der Waals surface area contributed by atoms with Gasteiger partial charge >= 0.3 is 0 Å². The van der Waals surface area contributed by atoms with Crippen LogP contribution >= 0.6 is 22.9 Å². The molecule has 5 heteroatoms. The first kappa shape index (κ1) is 14.3. The van der Waals surface area contributed by atoms with Crippen LogP contribution in [0.1, 0.15) is 10.4 Å². The number of nitrogens with two attached hydrogens (primary N) is 1. The van der Waals surface area contributed by atoms with Crippen LogP contribution in [0.5, 0.6) is 5.75 Å². The third-order valence-electron chi connectivity index (χ3n) is 3.26. The lowest BCUT2D eigenvalue weighted by Gasteiger charge is -2.09. The maximum absolute atomic E-state index is 13.8. The maximum atomic E-state index is 13.8. The smallest absolute Gasteiger partial charge is 0.183 e. The van der Waals surface area contributed by atoms with Crippen LogP contribution in [0, 0.1) is 5.82 Å². The van der Waals surface area contributed by atoms with Gasteiger partial charge < -0.3 is 10.5 Å².